The van der Waals surface area contributed by atoms with Crippen LogP contribution in [-0.4, -0.2) is 12.4 Å². The van der Waals surface area contributed by atoms with E-state index in [1.807, 2.05) is 0 Å². The molecule has 0 N–H and O–H groups in total. The predicted molar refractivity (Wildman–Crippen MR) is 77.1 cm³/mol. The van der Waals surface area contributed by atoms with Gasteiger partial charge in [0.05, 0.1) is 5.02 Å². The first kappa shape index (κ1) is 14.8. The molecule has 0 aliphatic heterocycles. The van der Waals surface area contributed by atoms with Gasteiger partial charge < -0.3 is 4.74 Å². The van der Waals surface area contributed by atoms with E-state index in [9.17, 15) is 9.18 Å². The minimum Gasteiger partial charge on any atom is -0.486 e. The SMILES string of the molecule is O=C(COc1cccc(Cl)c1)Cc1ccc(F)c(Cl)c1. The Hall–Kier alpha value is -1.58. The summed E-state index contributed by atoms with van der Waals surface area (Å²) in [6.07, 6.45) is 0.139. The first-order valence-electron chi connectivity index (χ1n) is 5.88. The summed E-state index contributed by atoms with van der Waals surface area (Å²) in [5.41, 5.74) is 0.649. The molecule has 0 spiro atoms. The molecule has 2 rings (SSSR count). The van der Waals surface area contributed by atoms with Crippen molar-refractivity contribution in [3.05, 3.63) is 63.9 Å². The van der Waals surface area contributed by atoms with Crippen LogP contribution in [0.5, 0.6) is 5.75 Å². The Morgan fingerprint density at radius 3 is 2.65 bits per heavy atom. The molecule has 2 nitrogen and oxygen atoms in total. The zero-order valence-corrected chi connectivity index (χ0v) is 11.9. The van der Waals surface area contributed by atoms with Crippen molar-refractivity contribution in [3.8, 4) is 5.75 Å². The van der Waals surface area contributed by atoms with Gasteiger partial charge in [-0.2, -0.15) is 0 Å². The zero-order valence-electron chi connectivity index (χ0n) is 10.4. The number of hydrogen-bond donors (Lipinski definition) is 0. The lowest BCUT2D eigenvalue weighted by atomic mass is 10.1. The molecule has 5 heteroatoms. The quantitative estimate of drug-likeness (QED) is 0.821. The molecule has 20 heavy (non-hydrogen) atoms. The van der Waals surface area contributed by atoms with Crippen LogP contribution in [0.1, 0.15) is 5.56 Å². The number of ketones is 1. The van der Waals surface area contributed by atoms with Crippen LogP contribution in [0.3, 0.4) is 0 Å². The fourth-order valence-electron chi connectivity index (χ4n) is 1.65. The van der Waals surface area contributed by atoms with Crippen molar-refractivity contribution in [2.24, 2.45) is 0 Å². The molecule has 0 fully saturated rings. The summed E-state index contributed by atoms with van der Waals surface area (Å²) in [6.45, 7) is -0.0741. The Bertz CT molecular complexity index is 629. The molecule has 0 bridgehead atoms. The number of carbonyl (C=O) groups excluding carboxylic acids is 1. The average molecular weight is 313 g/mol. The van der Waals surface area contributed by atoms with Crippen LogP contribution in [0.15, 0.2) is 42.5 Å². The van der Waals surface area contributed by atoms with Gasteiger partial charge in [0, 0.05) is 11.4 Å². The molecule has 0 saturated heterocycles. The molecule has 0 aliphatic carbocycles. The second kappa shape index (κ2) is 6.73. The number of halogens is 3. The zero-order chi connectivity index (χ0) is 14.5. The number of benzene rings is 2. The summed E-state index contributed by atoms with van der Waals surface area (Å²) in [5, 5.41) is 0.548. The number of carbonyl (C=O) groups is 1. The molecule has 2 aromatic carbocycles. The summed E-state index contributed by atoms with van der Waals surface area (Å²) in [5.74, 6) is -0.103. The van der Waals surface area contributed by atoms with Crippen LogP contribution in [0.4, 0.5) is 4.39 Å². The van der Waals surface area contributed by atoms with Crippen molar-refractivity contribution in [1.82, 2.24) is 0 Å². The van der Waals surface area contributed by atoms with Gasteiger partial charge in [0.1, 0.15) is 18.2 Å². The second-order valence-corrected chi connectivity index (χ2v) is 5.05. The van der Waals surface area contributed by atoms with Crippen LogP contribution in [0.2, 0.25) is 10.0 Å². The Labute approximate surface area is 126 Å². The van der Waals surface area contributed by atoms with Gasteiger partial charge in [-0.25, -0.2) is 4.39 Å². The smallest absolute Gasteiger partial charge is 0.174 e. The van der Waals surface area contributed by atoms with Gasteiger partial charge in [-0.05, 0) is 35.9 Å². The summed E-state index contributed by atoms with van der Waals surface area (Å²) in [7, 11) is 0. The topological polar surface area (TPSA) is 26.3 Å². The van der Waals surface area contributed by atoms with Crippen LogP contribution < -0.4 is 4.74 Å². The van der Waals surface area contributed by atoms with E-state index in [1.165, 1.54) is 18.2 Å². The van der Waals surface area contributed by atoms with Crippen molar-refractivity contribution < 1.29 is 13.9 Å². The highest BCUT2D eigenvalue weighted by molar-refractivity contribution is 6.31. The van der Waals surface area contributed by atoms with Gasteiger partial charge in [0.25, 0.3) is 0 Å². The number of rotatable bonds is 5. The molecule has 0 saturated carbocycles. The largest absolute Gasteiger partial charge is 0.486 e. The normalized spacial score (nSPS) is 10.3. The molecule has 0 amide bonds. The molecule has 0 radical (unpaired) electrons. The molecule has 0 atom stereocenters. The van der Waals surface area contributed by atoms with Crippen molar-refractivity contribution in [3.63, 3.8) is 0 Å². The van der Waals surface area contributed by atoms with Gasteiger partial charge in [-0.15, -0.1) is 0 Å². The predicted octanol–water partition coefficient (Wildman–Crippen LogP) is 4.32. The maximum absolute atomic E-state index is 13.0. The average Bonchev–Trinajstić information content (AvgIpc) is 2.41. The van der Waals surface area contributed by atoms with E-state index in [0.717, 1.165) is 0 Å². The molecular formula is C15H11Cl2FO2. The highest BCUT2D eigenvalue weighted by atomic mass is 35.5. The molecule has 104 valence electrons. The van der Waals surface area contributed by atoms with Crippen LogP contribution in [0.25, 0.3) is 0 Å². The van der Waals surface area contributed by atoms with Crippen molar-refractivity contribution in [2.75, 3.05) is 6.61 Å². The third-order valence-corrected chi connectivity index (χ3v) is 3.11. The fraction of sp³-hybridized carbons (Fsp3) is 0.133. The van der Waals surface area contributed by atoms with E-state index in [2.05, 4.69) is 0 Å². The summed E-state index contributed by atoms with van der Waals surface area (Å²) < 4.78 is 18.3. The Morgan fingerprint density at radius 2 is 1.95 bits per heavy atom. The molecular weight excluding hydrogens is 302 g/mol. The number of Topliss-reactive ketones (excluding diaryl/α,β-unsaturated/α-hetero) is 1. The monoisotopic (exact) mass is 312 g/mol. The summed E-state index contributed by atoms with van der Waals surface area (Å²) in [6, 6.07) is 11.0. The fourth-order valence-corrected chi connectivity index (χ4v) is 2.03. The van der Waals surface area contributed by atoms with Gasteiger partial charge in [0.2, 0.25) is 0 Å². The van der Waals surface area contributed by atoms with Gasteiger partial charge in [-0.1, -0.05) is 35.3 Å². The highest BCUT2D eigenvalue weighted by Gasteiger charge is 2.07. The standard InChI is InChI=1S/C15H11Cl2FO2/c16-11-2-1-3-13(8-11)20-9-12(19)6-10-4-5-15(18)14(17)7-10/h1-5,7-8H,6,9H2. The molecule has 0 aliphatic rings. The molecule has 0 aromatic heterocycles. The van der Waals surface area contributed by atoms with E-state index in [4.69, 9.17) is 27.9 Å². The van der Waals surface area contributed by atoms with E-state index in [1.54, 1.807) is 24.3 Å². The minimum atomic E-state index is -0.502. The molecule has 0 heterocycles. The third kappa shape index (κ3) is 4.22. The van der Waals surface area contributed by atoms with Gasteiger partial charge in [0.15, 0.2) is 5.78 Å². The highest BCUT2D eigenvalue weighted by Crippen LogP contribution is 2.18. The lowest BCUT2D eigenvalue weighted by molar-refractivity contribution is -0.120. The van der Waals surface area contributed by atoms with Crippen molar-refractivity contribution in [1.29, 1.82) is 0 Å². The third-order valence-electron chi connectivity index (χ3n) is 2.58. The summed E-state index contributed by atoms with van der Waals surface area (Å²) >= 11 is 11.5. The van der Waals surface area contributed by atoms with Crippen LogP contribution >= 0.6 is 23.2 Å². The van der Waals surface area contributed by atoms with E-state index < -0.39 is 5.82 Å². The Balaban J connectivity index is 1.91. The van der Waals surface area contributed by atoms with Crippen molar-refractivity contribution >= 4 is 29.0 Å². The van der Waals surface area contributed by atoms with E-state index in [-0.39, 0.29) is 23.8 Å². The van der Waals surface area contributed by atoms with Crippen LogP contribution in [-0.2, 0) is 11.2 Å². The minimum absolute atomic E-state index is 0.00561. The van der Waals surface area contributed by atoms with E-state index >= 15 is 0 Å². The molecule has 2 aromatic rings. The van der Waals surface area contributed by atoms with Crippen molar-refractivity contribution in [2.45, 2.75) is 6.42 Å². The maximum Gasteiger partial charge on any atom is 0.174 e. The van der Waals surface area contributed by atoms with Crippen LogP contribution in [0, 0.1) is 5.82 Å². The lowest BCUT2D eigenvalue weighted by Gasteiger charge is -2.06. The first-order valence-corrected chi connectivity index (χ1v) is 6.64. The Morgan fingerprint density at radius 1 is 1.15 bits per heavy atom. The number of ether oxygens (including phenoxy) is 1. The number of hydrogen-bond acceptors (Lipinski definition) is 2. The lowest BCUT2D eigenvalue weighted by Crippen LogP contribution is -2.13. The van der Waals surface area contributed by atoms with Gasteiger partial charge in [-0.3, -0.25) is 4.79 Å². The maximum atomic E-state index is 13.0. The Kier molecular flexibility index (Phi) is 4.99. The first-order chi connectivity index (χ1) is 9.54. The second-order valence-electron chi connectivity index (χ2n) is 4.21. The van der Waals surface area contributed by atoms with Gasteiger partial charge >= 0.3 is 0 Å². The molecule has 0 unspecified atom stereocenters. The van der Waals surface area contributed by atoms with E-state index in [0.29, 0.717) is 16.3 Å². The summed E-state index contributed by atoms with van der Waals surface area (Å²) in [4.78, 5) is 11.8.